The Morgan fingerprint density at radius 3 is 2.17 bits per heavy atom. The summed E-state index contributed by atoms with van der Waals surface area (Å²) in [5.41, 5.74) is -1.23. The number of benzene rings is 2. The van der Waals surface area contributed by atoms with E-state index in [1.807, 2.05) is 0 Å². The molecule has 0 bridgehead atoms. The number of alkyl halides is 3. The Labute approximate surface area is 105 Å². The van der Waals surface area contributed by atoms with Crippen molar-refractivity contribution in [3.05, 3.63) is 42.0 Å². The van der Waals surface area contributed by atoms with Gasteiger partial charge in [-0.25, -0.2) is 8.42 Å². The lowest BCUT2D eigenvalue weighted by Gasteiger charge is -2.13. The maximum absolute atomic E-state index is 13.0. The first kappa shape index (κ1) is 13.2. The normalized spacial score (nSPS) is 12.9. The zero-order valence-electron chi connectivity index (χ0n) is 8.70. The minimum Gasteiger partial charge on any atom is -0.207 e. The molecule has 0 unspecified atom stereocenters. The molecule has 0 radical (unpaired) electrons. The van der Waals surface area contributed by atoms with Crippen molar-refractivity contribution in [3.8, 4) is 0 Å². The molecule has 0 N–H and O–H groups in total. The van der Waals surface area contributed by atoms with Gasteiger partial charge in [0.25, 0.3) is 9.05 Å². The van der Waals surface area contributed by atoms with Crippen LogP contribution in [0.15, 0.2) is 41.3 Å². The van der Waals surface area contributed by atoms with Crippen molar-refractivity contribution in [1.82, 2.24) is 0 Å². The number of hydrogen-bond donors (Lipinski definition) is 0. The Hall–Kier alpha value is -1.27. The smallest absolute Gasteiger partial charge is 0.207 e. The summed E-state index contributed by atoms with van der Waals surface area (Å²) in [6.45, 7) is 0. The molecule has 2 rings (SSSR count). The first-order valence-electron chi connectivity index (χ1n) is 4.75. The predicted molar refractivity (Wildman–Crippen MR) is 62.0 cm³/mol. The first-order chi connectivity index (χ1) is 8.21. The van der Waals surface area contributed by atoms with Crippen molar-refractivity contribution in [3.63, 3.8) is 0 Å². The highest BCUT2D eigenvalue weighted by atomic mass is 35.7. The molecule has 2 aromatic carbocycles. The fourth-order valence-corrected chi connectivity index (χ4v) is 2.83. The van der Waals surface area contributed by atoms with E-state index < -0.39 is 25.7 Å². The summed E-state index contributed by atoms with van der Waals surface area (Å²) in [5.74, 6) is 0. The topological polar surface area (TPSA) is 34.1 Å². The lowest BCUT2D eigenvalue weighted by atomic mass is 10.0. The van der Waals surface area contributed by atoms with Crippen LogP contribution in [0.25, 0.3) is 10.8 Å². The Morgan fingerprint density at radius 2 is 1.61 bits per heavy atom. The molecule has 0 aliphatic carbocycles. The molecule has 0 atom stereocenters. The van der Waals surface area contributed by atoms with Crippen molar-refractivity contribution in [2.24, 2.45) is 0 Å². The maximum atomic E-state index is 13.0. The summed E-state index contributed by atoms with van der Waals surface area (Å²) in [6, 6.07) is 7.81. The predicted octanol–water partition coefficient (Wildman–Crippen LogP) is 3.79. The van der Waals surface area contributed by atoms with E-state index in [2.05, 4.69) is 0 Å². The largest absolute Gasteiger partial charge is 0.418 e. The van der Waals surface area contributed by atoms with Crippen LogP contribution in [0.1, 0.15) is 5.56 Å². The van der Waals surface area contributed by atoms with Crippen LogP contribution < -0.4 is 0 Å². The lowest BCUT2D eigenvalue weighted by molar-refractivity contribution is -0.138. The summed E-state index contributed by atoms with van der Waals surface area (Å²) in [5, 5.41) is 0.112. The van der Waals surface area contributed by atoms with Gasteiger partial charge < -0.3 is 0 Å². The van der Waals surface area contributed by atoms with Crippen LogP contribution in [0.3, 0.4) is 0 Å². The van der Waals surface area contributed by atoms with Crippen molar-refractivity contribution < 1.29 is 21.6 Å². The van der Waals surface area contributed by atoms with Gasteiger partial charge in [-0.3, -0.25) is 0 Å². The fraction of sp³-hybridized carbons (Fsp3) is 0.0909. The Morgan fingerprint density at radius 1 is 1.00 bits per heavy atom. The summed E-state index contributed by atoms with van der Waals surface area (Å²) in [7, 11) is 0.587. The van der Waals surface area contributed by atoms with Gasteiger partial charge >= 0.3 is 6.18 Å². The van der Waals surface area contributed by atoms with Gasteiger partial charge in [0.05, 0.1) is 10.5 Å². The third kappa shape index (κ3) is 2.30. The molecule has 0 heterocycles. The molecule has 0 fully saturated rings. The van der Waals surface area contributed by atoms with Crippen LogP contribution in [0.2, 0.25) is 0 Å². The van der Waals surface area contributed by atoms with Gasteiger partial charge in [0.2, 0.25) is 0 Å². The van der Waals surface area contributed by atoms with E-state index in [4.69, 9.17) is 10.7 Å². The molecule has 0 spiro atoms. The van der Waals surface area contributed by atoms with E-state index in [0.29, 0.717) is 5.39 Å². The van der Waals surface area contributed by atoms with Crippen LogP contribution in [-0.4, -0.2) is 8.42 Å². The molecule has 18 heavy (non-hydrogen) atoms. The number of rotatable bonds is 1. The second kappa shape index (κ2) is 4.13. The van der Waals surface area contributed by atoms with E-state index in [1.165, 1.54) is 24.3 Å². The molecular formula is C11H6ClF3O2S. The molecular weight excluding hydrogens is 289 g/mol. The van der Waals surface area contributed by atoms with E-state index in [-0.39, 0.29) is 5.39 Å². The van der Waals surface area contributed by atoms with Crippen molar-refractivity contribution in [1.29, 1.82) is 0 Å². The van der Waals surface area contributed by atoms with E-state index >= 15 is 0 Å². The van der Waals surface area contributed by atoms with Crippen molar-refractivity contribution in [2.45, 2.75) is 11.1 Å². The molecule has 2 aromatic rings. The molecule has 0 aromatic heterocycles. The molecule has 2 nitrogen and oxygen atoms in total. The molecule has 0 aliphatic heterocycles. The molecule has 0 saturated carbocycles. The van der Waals surface area contributed by atoms with Crippen LogP contribution in [0, 0.1) is 0 Å². The van der Waals surface area contributed by atoms with E-state index in [9.17, 15) is 21.6 Å². The van der Waals surface area contributed by atoms with Gasteiger partial charge in [0, 0.05) is 10.7 Å². The Kier molecular flexibility index (Phi) is 3.03. The van der Waals surface area contributed by atoms with Gasteiger partial charge in [-0.2, -0.15) is 13.2 Å². The standard InChI is InChI=1S/C11H6ClF3O2S/c12-18(16,17)9-6-5-7-3-1-2-4-8(7)10(9)11(13,14)15/h1-6H. The number of fused-ring (bicyclic) bond motifs is 1. The highest BCUT2D eigenvalue weighted by Gasteiger charge is 2.38. The lowest BCUT2D eigenvalue weighted by Crippen LogP contribution is -2.11. The SMILES string of the molecule is O=S(=O)(Cl)c1ccc2ccccc2c1C(F)(F)F. The zero-order valence-corrected chi connectivity index (χ0v) is 10.3. The van der Waals surface area contributed by atoms with E-state index in [1.54, 1.807) is 6.07 Å². The summed E-state index contributed by atoms with van der Waals surface area (Å²) in [6.07, 6.45) is -4.79. The number of halogens is 4. The fourth-order valence-electron chi connectivity index (χ4n) is 1.75. The second-order valence-corrected chi connectivity index (χ2v) is 6.13. The molecule has 96 valence electrons. The zero-order chi connectivity index (χ0) is 13.6. The van der Waals surface area contributed by atoms with Gasteiger partial charge in [0.1, 0.15) is 0 Å². The third-order valence-corrected chi connectivity index (χ3v) is 3.80. The first-order valence-corrected chi connectivity index (χ1v) is 7.06. The van der Waals surface area contributed by atoms with Crippen molar-refractivity contribution >= 4 is 30.5 Å². The quantitative estimate of drug-likeness (QED) is 0.750. The minimum atomic E-state index is -4.79. The second-order valence-electron chi connectivity index (χ2n) is 3.60. The van der Waals surface area contributed by atoms with Gasteiger partial charge in [-0.05, 0) is 16.8 Å². The molecule has 0 saturated heterocycles. The highest BCUT2D eigenvalue weighted by Crippen LogP contribution is 2.40. The number of hydrogen-bond acceptors (Lipinski definition) is 2. The van der Waals surface area contributed by atoms with Crippen LogP contribution in [0.5, 0.6) is 0 Å². The summed E-state index contributed by atoms with van der Waals surface area (Å²) in [4.78, 5) is -0.921. The highest BCUT2D eigenvalue weighted by molar-refractivity contribution is 8.13. The maximum Gasteiger partial charge on any atom is 0.418 e. The molecule has 7 heteroatoms. The van der Waals surface area contributed by atoms with Gasteiger partial charge in [-0.15, -0.1) is 0 Å². The summed E-state index contributed by atoms with van der Waals surface area (Å²) < 4.78 is 61.4. The van der Waals surface area contributed by atoms with E-state index in [0.717, 1.165) is 6.07 Å². The summed E-state index contributed by atoms with van der Waals surface area (Å²) >= 11 is 0. The molecule has 0 amide bonds. The van der Waals surface area contributed by atoms with Crippen LogP contribution in [0.4, 0.5) is 13.2 Å². The van der Waals surface area contributed by atoms with Crippen LogP contribution >= 0.6 is 10.7 Å². The monoisotopic (exact) mass is 294 g/mol. The van der Waals surface area contributed by atoms with Crippen LogP contribution in [-0.2, 0) is 15.2 Å². The van der Waals surface area contributed by atoms with Gasteiger partial charge in [-0.1, -0.05) is 30.3 Å². The Bertz CT molecular complexity index is 708. The average molecular weight is 295 g/mol. The molecule has 0 aliphatic rings. The van der Waals surface area contributed by atoms with Crippen molar-refractivity contribution in [2.75, 3.05) is 0 Å². The Balaban J connectivity index is 2.98. The third-order valence-electron chi connectivity index (χ3n) is 2.44. The minimum absolute atomic E-state index is 0.188. The average Bonchev–Trinajstić information content (AvgIpc) is 2.24. The van der Waals surface area contributed by atoms with Gasteiger partial charge in [0.15, 0.2) is 0 Å².